The molecule has 0 spiro atoms. The second-order valence-corrected chi connectivity index (χ2v) is 3.65. The summed E-state index contributed by atoms with van der Waals surface area (Å²) in [5.74, 6) is 0.782. The molecule has 0 aliphatic heterocycles. The highest BCUT2D eigenvalue weighted by Gasteiger charge is 2.40. The van der Waals surface area contributed by atoms with Gasteiger partial charge >= 0.3 is 0 Å². The standard InChI is InChI=1S/C8H13Cl2N/c9-4-1-5-11-7-8(6-10)2-3-8/h1,4,11H,2-3,5-7H2/b4-1+. The Bertz CT molecular complexity index is 141. The summed E-state index contributed by atoms with van der Waals surface area (Å²) < 4.78 is 0. The molecule has 0 bridgehead atoms. The highest BCUT2D eigenvalue weighted by Crippen LogP contribution is 2.45. The minimum Gasteiger partial charge on any atom is -0.313 e. The van der Waals surface area contributed by atoms with Crippen LogP contribution in [-0.4, -0.2) is 19.0 Å². The third-order valence-corrected chi connectivity index (χ3v) is 2.84. The van der Waals surface area contributed by atoms with Gasteiger partial charge in [-0.2, -0.15) is 0 Å². The van der Waals surface area contributed by atoms with E-state index in [1.807, 2.05) is 6.08 Å². The maximum Gasteiger partial charge on any atom is 0.0292 e. The lowest BCUT2D eigenvalue weighted by Gasteiger charge is -2.10. The van der Waals surface area contributed by atoms with E-state index < -0.39 is 0 Å². The highest BCUT2D eigenvalue weighted by molar-refractivity contribution is 6.25. The number of hydrogen-bond donors (Lipinski definition) is 1. The molecule has 0 aromatic heterocycles. The summed E-state index contributed by atoms with van der Waals surface area (Å²) in [6, 6.07) is 0. The van der Waals surface area contributed by atoms with Crippen molar-refractivity contribution in [1.82, 2.24) is 5.32 Å². The van der Waals surface area contributed by atoms with Crippen LogP contribution in [0.25, 0.3) is 0 Å². The molecule has 0 unspecified atom stereocenters. The smallest absolute Gasteiger partial charge is 0.0292 e. The van der Waals surface area contributed by atoms with Crippen LogP contribution in [0.1, 0.15) is 12.8 Å². The summed E-state index contributed by atoms with van der Waals surface area (Å²) in [6.07, 6.45) is 4.44. The molecule has 1 fully saturated rings. The van der Waals surface area contributed by atoms with Crippen LogP contribution in [0.4, 0.5) is 0 Å². The Morgan fingerprint density at radius 2 is 2.18 bits per heavy atom. The lowest BCUT2D eigenvalue weighted by atomic mass is 10.1. The average Bonchev–Trinajstić information content (AvgIpc) is 2.80. The molecule has 1 nitrogen and oxygen atoms in total. The summed E-state index contributed by atoms with van der Waals surface area (Å²) in [7, 11) is 0. The molecule has 1 saturated carbocycles. The van der Waals surface area contributed by atoms with E-state index in [9.17, 15) is 0 Å². The minimum atomic E-state index is 0.418. The zero-order valence-corrected chi connectivity index (χ0v) is 7.96. The second-order valence-electron chi connectivity index (χ2n) is 3.13. The summed E-state index contributed by atoms with van der Waals surface area (Å²) in [5, 5.41) is 3.28. The van der Waals surface area contributed by atoms with Gasteiger partial charge < -0.3 is 5.32 Å². The van der Waals surface area contributed by atoms with Gasteiger partial charge in [0.2, 0.25) is 0 Å². The van der Waals surface area contributed by atoms with Crippen molar-refractivity contribution in [2.45, 2.75) is 12.8 Å². The number of rotatable bonds is 5. The molecule has 64 valence electrons. The van der Waals surface area contributed by atoms with Crippen molar-refractivity contribution >= 4 is 23.2 Å². The third kappa shape index (κ3) is 3.02. The first kappa shape index (κ1) is 9.37. The lowest BCUT2D eigenvalue weighted by molar-refractivity contribution is 0.524. The van der Waals surface area contributed by atoms with Gasteiger partial charge in [-0.15, -0.1) is 11.6 Å². The quantitative estimate of drug-likeness (QED) is 0.523. The van der Waals surface area contributed by atoms with Crippen LogP contribution in [-0.2, 0) is 0 Å². The van der Waals surface area contributed by atoms with E-state index in [1.165, 1.54) is 18.4 Å². The van der Waals surface area contributed by atoms with Gasteiger partial charge in [-0.05, 0) is 18.3 Å². The molecule has 0 aromatic rings. The second kappa shape index (κ2) is 4.34. The molecule has 3 heteroatoms. The molecule has 1 aliphatic carbocycles. The molecule has 0 amide bonds. The third-order valence-electron chi connectivity index (χ3n) is 2.09. The SMILES string of the molecule is Cl/C=C/CNCC1(CCl)CC1. The van der Waals surface area contributed by atoms with Crippen molar-refractivity contribution in [2.24, 2.45) is 5.41 Å². The van der Waals surface area contributed by atoms with Crippen LogP contribution in [0.5, 0.6) is 0 Å². The normalized spacial score (nSPS) is 20.9. The van der Waals surface area contributed by atoms with E-state index in [2.05, 4.69) is 5.32 Å². The Hall–Kier alpha value is 0.280. The van der Waals surface area contributed by atoms with Gasteiger partial charge in [0.25, 0.3) is 0 Å². The molecule has 11 heavy (non-hydrogen) atoms. The monoisotopic (exact) mass is 193 g/mol. The average molecular weight is 194 g/mol. The summed E-state index contributed by atoms with van der Waals surface area (Å²) in [4.78, 5) is 0. The Morgan fingerprint density at radius 1 is 1.45 bits per heavy atom. The first-order chi connectivity index (χ1) is 5.33. The van der Waals surface area contributed by atoms with E-state index in [0.29, 0.717) is 5.41 Å². The van der Waals surface area contributed by atoms with Crippen molar-refractivity contribution in [3.63, 3.8) is 0 Å². The summed E-state index contributed by atoms with van der Waals surface area (Å²) >= 11 is 11.1. The number of alkyl halides is 1. The lowest BCUT2D eigenvalue weighted by Crippen LogP contribution is -2.25. The molecule has 0 heterocycles. The summed E-state index contributed by atoms with van der Waals surface area (Å²) in [6.45, 7) is 1.87. The Morgan fingerprint density at radius 3 is 2.64 bits per heavy atom. The van der Waals surface area contributed by atoms with E-state index in [4.69, 9.17) is 23.2 Å². The maximum absolute atomic E-state index is 5.78. The number of halogens is 2. The van der Waals surface area contributed by atoms with Crippen LogP contribution in [0.2, 0.25) is 0 Å². The fraction of sp³-hybridized carbons (Fsp3) is 0.750. The predicted molar refractivity (Wildman–Crippen MR) is 50.2 cm³/mol. The van der Waals surface area contributed by atoms with Gasteiger partial charge in [0, 0.05) is 24.5 Å². The van der Waals surface area contributed by atoms with Crippen LogP contribution in [0.15, 0.2) is 11.6 Å². The number of nitrogens with one attached hydrogen (secondary N) is 1. The predicted octanol–water partition coefficient (Wildman–Crippen LogP) is 2.35. The van der Waals surface area contributed by atoms with Crippen LogP contribution in [0.3, 0.4) is 0 Å². The minimum absolute atomic E-state index is 0.418. The number of hydrogen-bond acceptors (Lipinski definition) is 1. The fourth-order valence-electron chi connectivity index (χ4n) is 1.000. The van der Waals surface area contributed by atoms with Crippen molar-refractivity contribution < 1.29 is 0 Å². The van der Waals surface area contributed by atoms with E-state index in [0.717, 1.165) is 19.0 Å². The van der Waals surface area contributed by atoms with Crippen LogP contribution >= 0.6 is 23.2 Å². The van der Waals surface area contributed by atoms with Gasteiger partial charge in [0.15, 0.2) is 0 Å². The van der Waals surface area contributed by atoms with E-state index >= 15 is 0 Å². The van der Waals surface area contributed by atoms with Crippen LogP contribution in [0, 0.1) is 5.41 Å². The molecular formula is C8H13Cl2N. The van der Waals surface area contributed by atoms with Crippen molar-refractivity contribution in [3.8, 4) is 0 Å². The summed E-state index contributed by atoms with van der Waals surface area (Å²) in [5.41, 5.74) is 1.95. The Labute approximate surface area is 77.8 Å². The van der Waals surface area contributed by atoms with E-state index in [1.54, 1.807) is 0 Å². The molecule has 1 N–H and O–H groups in total. The van der Waals surface area contributed by atoms with Gasteiger partial charge in [-0.25, -0.2) is 0 Å². The van der Waals surface area contributed by atoms with Crippen molar-refractivity contribution in [2.75, 3.05) is 19.0 Å². The first-order valence-corrected chi connectivity index (χ1v) is 4.82. The van der Waals surface area contributed by atoms with Gasteiger partial charge in [-0.1, -0.05) is 17.7 Å². The van der Waals surface area contributed by atoms with Gasteiger partial charge in [0.05, 0.1) is 0 Å². The van der Waals surface area contributed by atoms with Gasteiger partial charge in [0.1, 0.15) is 0 Å². The van der Waals surface area contributed by atoms with Crippen LogP contribution < -0.4 is 5.32 Å². The van der Waals surface area contributed by atoms with Crippen molar-refractivity contribution in [1.29, 1.82) is 0 Å². The zero-order chi connectivity index (χ0) is 8.16. The molecule has 1 aliphatic rings. The Kier molecular flexibility index (Phi) is 3.70. The molecule has 0 atom stereocenters. The van der Waals surface area contributed by atoms with Gasteiger partial charge in [-0.3, -0.25) is 0 Å². The molecule has 0 radical (unpaired) electrons. The maximum atomic E-state index is 5.78. The Balaban J connectivity index is 2.03. The largest absolute Gasteiger partial charge is 0.313 e. The topological polar surface area (TPSA) is 12.0 Å². The van der Waals surface area contributed by atoms with E-state index in [-0.39, 0.29) is 0 Å². The molecule has 0 aromatic carbocycles. The molecule has 1 rings (SSSR count). The molecular weight excluding hydrogens is 181 g/mol. The first-order valence-electron chi connectivity index (χ1n) is 3.85. The molecule has 0 saturated heterocycles. The highest BCUT2D eigenvalue weighted by atomic mass is 35.5. The van der Waals surface area contributed by atoms with Crippen molar-refractivity contribution in [3.05, 3.63) is 11.6 Å². The zero-order valence-electron chi connectivity index (χ0n) is 6.45. The fourth-order valence-corrected chi connectivity index (χ4v) is 1.45.